The summed E-state index contributed by atoms with van der Waals surface area (Å²) in [6.07, 6.45) is -0.0136. The standard InChI is InChI=1S/C30H35FN2O5S/c1-30(2,3)28-18-21(16-17-32(28)29(34)35)20-33(39(36,37)27-13-9-8-12-25(27)31)26-15-14-23(38-4)19-24(26)22-10-6-5-7-11-22/h5-15,19,21,28H,16-18,20H2,1-4H3,(H,34,35). The number of hydrogen-bond donors (Lipinski definition) is 1. The van der Waals surface area contributed by atoms with Crippen LogP contribution in [0.5, 0.6) is 5.75 Å². The van der Waals surface area contributed by atoms with Gasteiger partial charge in [-0.1, -0.05) is 63.2 Å². The Morgan fingerprint density at radius 2 is 1.74 bits per heavy atom. The molecule has 1 heterocycles. The first-order chi connectivity index (χ1) is 18.4. The van der Waals surface area contributed by atoms with Crippen molar-refractivity contribution >= 4 is 21.8 Å². The van der Waals surface area contributed by atoms with Crippen LogP contribution in [0.1, 0.15) is 33.6 Å². The van der Waals surface area contributed by atoms with E-state index in [2.05, 4.69) is 0 Å². The molecule has 2 atom stereocenters. The summed E-state index contributed by atoms with van der Waals surface area (Å²) >= 11 is 0. The van der Waals surface area contributed by atoms with Crippen LogP contribution in [0.2, 0.25) is 0 Å². The van der Waals surface area contributed by atoms with Gasteiger partial charge in [-0.05, 0) is 60.1 Å². The zero-order valence-corrected chi connectivity index (χ0v) is 23.5. The van der Waals surface area contributed by atoms with E-state index in [1.165, 1.54) is 27.4 Å². The van der Waals surface area contributed by atoms with Crippen molar-refractivity contribution in [3.05, 3.63) is 78.6 Å². The summed E-state index contributed by atoms with van der Waals surface area (Å²) in [7, 11) is -2.79. The Kier molecular flexibility index (Phi) is 8.20. The van der Waals surface area contributed by atoms with E-state index in [4.69, 9.17) is 4.74 Å². The largest absolute Gasteiger partial charge is 0.497 e. The molecule has 3 aromatic carbocycles. The van der Waals surface area contributed by atoms with Crippen molar-refractivity contribution < 1.29 is 27.4 Å². The first-order valence-corrected chi connectivity index (χ1v) is 14.4. The number of amides is 1. The molecule has 4 rings (SSSR count). The maximum Gasteiger partial charge on any atom is 0.407 e. The quantitative estimate of drug-likeness (QED) is 0.360. The van der Waals surface area contributed by atoms with E-state index >= 15 is 0 Å². The fourth-order valence-corrected chi connectivity index (χ4v) is 6.92. The molecule has 1 saturated heterocycles. The molecule has 0 aromatic heterocycles. The Morgan fingerprint density at radius 1 is 1.08 bits per heavy atom. The number of benzene rings is 3. The molecule has 0 aliphatic carbocycles. The topological polar surface area (TPSA) is 87.2 Å². The fourth-order valence-electron chi connectivity index (χ4n) is 5.30. The SMILES string of the molecule is COc1ccc(N(CC2CCN(C(=O)O)C(C(C)(C)C)C2)S(=O)(=O)c2ccccc2F)c(-c2ccccc2)c1. The Balaban J connectivity index is 1.84. The summed E-state index contributed by atoms with van der Waals surface area (Å²) < 4.78 is 50.0. The molecular weight excluding hydrogens is 519 g/mol. The monoisotopic (exact) mass is 554 g/mol. The summed E-state index contributed by atoms with van der Waals surface area (Å²) in [5.41, 5.74) is 1.47. The Bertz CT molecular complexity index is 1420. The van der Waals surface area contributed by atoms with Crippen molar-refractivity contribution in [3.8, 4) is 16.9 Å². The molecule has 3 aromatic rings. The van der Waals surface area contributed by atoms with Crippen molar-refractivity contribution in [3.63, 3.8) is 0 Å². The second kappa shape index (κ2) is 11.3. The Morgan fingerprint density at radius 3 is 2.36 bits per heavy atom. The highest BCUT2D eigenvalue weighted by molar-refractivity contribution is 7.92. The molecule has 0 bridgehead atoms. The average Bonchev–Trinajstić information content (AvgIpc) is 2.91. The van der Waals surface area contributed by atoms with Crippen molar-refractivity contribution in [2.45, 2.75) is 44.6 Å². The summed E-state index contributed by atoms with van der Waals surface area (Å²) in [6, 6.07) is 19.6. The van der Waals surface area contributed by atoms with Crippen LogP contribution in [-0.4, -0.2) is 50.8 Å². The van der Waals surface area contributed by atoms with Gasteiger partial charge in [-0.3, -0.25) is 4.31 Å². The van der Waals surface area contributed by atoms with Gasteiger partial charge in [-0.15, -0.1) is 0 Å². The lowest BCUT2D eigenvalue weighted by molar-refractivity contribution is 0.0423. The lowest BCUT2D eigenvalue weighted by Crippen LogP contribution is -2.53. The predicted molar refractivity (Wildman–Crippen MR) is 150 cm³/mol. The van der Waals surface area contributed by atoms with Gasteiger partial charge in [0.1, 0.15) is 16.5 Å². The number of anilines is 1. The number of carboxylic acid groups (broad SMARTS) is 1. The van der Waals surface area contributed by atoms with Gasteiger partial charge in [0.25, 0.3) is 10.0 Å². The zero-order valence-electron chi connectivity index (χ0n) is 22.7. The first-order valence-electron chi connectivity index (χ1n) is 12.9. The molecular formula is C30H35FN2O5S. The maximum atomic E-state index is 14.9. The number of likely N-dealkylation sites (tertiary alicyclic amines) is 1. The molecule has 0 saturated carbocycles. The van der Waals surface area contributed by atoms with Gasteiger partial charge in [0.2, 0.25) is 0 Å². The van der Waals surface area contributed by atoms with Crippen LogP contribution < -0.4 is 9.04 Å². The third-order valence-electron chi connectivity index (χ3n) is 7.34. The van der Waals surface area contributed by atoms with Gasteiger partial charge in [0.05, 0.1) is 12.8 Å². The highest BCUT2D eigenvalue weighted by Gasteiger charge is 2.41. The van der Waals surface area contributed by atoms with Crippen molar-refractivity contribution in [2.24, 2.45) is 11.3 Å². The Hall–Kier alpha value is -3.59. The third kappa shape index (κ3) is 6.03. The number of methoxy groups -OCH3 is 1. The summed E-state index contributed by atoms with van der Waals surface area (Å²) in [5.74, 6) is -0.425. The van der Waals surface area contributed by atoms with Crippen molar-refractivity contribution in [2.75, 3.05) is 24.5 Å². The minimum atomic E-state index is -4.33. The molecule has 1 aliphatic heterocycles. The zero-order chi connectivity index (χ0) is 28.4. The summed E-state index contributed by atoms with van der Waals surface area (Å²) in [5, 5.41) is 9.80. The van der Waals surface area contributed by atoms with Crippen LogP contribution in [0.15, 0.2) is 77.7 Å². The molecule has 1 amide bonds. The van der Waals surface area contributed by atoms with E-state index in [1.54, 1.807) is 25.3 Å². The highest BCUT2D eigenvalue weighted by atomic mass is 32.2. The van der Waals surface area contributed by atoms with Crippen molar-refractivity contribution in [1.82, 2.24) is 4.90 Å². The molecule has 1 aliphatic rings. The van der Waals surface area contributed by atoms with Crippen LogP contribution in [-0.2, 0) is 10.0 Å². The van der Waals surface area contributed by atoms with E-state index in [-0.39, 0.29) is 23.9 Å². The third-order valence-corrected chi connectivity index (χ3v) is 9.16. The smallest absolute Gasteiger partial charge is 0.407 e. The van der Waals surface area contributed by atoms with Gasteiger partial charge < -0.3 is 14.7 Å². The lowest BCUT2D eigenvalue weighted by atomic mass is 9.77. The second-order valence-corrected chi connectivity index (χ2v) is 12.8. The first kappa shape index (κ1) is 28.4. The summed E-state index contributed by atoms with van der Waals surface area (Å²) in [6.45, 7) is 6.33. The number of nitrogens with zero attached hydrogens (tertiary/aromatic N) is 2. The fraction of sp³-hybridized carbons (Fsp3) is 0.367. The van der Waals surface area contributed by atoms with E-state index in [9.17, 15) is 22.7 Å². The van der Waals surface area contributed by atoms with Gasteiger partial charge >= 0.3 is 6.09 Å². The van der Waals surface area contributed by atoms with E-state index in [1.807, 2.05) is 51.1 Å². The van der Waals surface area contributed by atoms with E-state index in [0.717, 1.165) is 11.6 Å². The van der Waals surface area contributed by atoms with Crippen LogP contribution in [0.25, 0.3) is 11.1 Å². The molecule has 39 heavy (non-hydrogen) atoms. The normalized spacial score (nSPS) is 18.0. The highest BCUT2D eigenvalue weighted by Crippen LogP contribution is 2.40. The molecule has 208 valence electrons. The van der Waals surface area contributed by atoms with Crippen LogP contribution in [0.4, 0.5) is 14.9 Å². The van der Waals surface area contributed by atoms with Gasteiger partial charge in [0.15, 0.2) is 0 Å². The number of halogens is 1. The number of piperidine rings is 1. The average molecular weight is 555 g/mol. The van der Waals surface area contributed by atoms with Crippen LogP contribution >= 0.6 is 0 Å². The van der Waals surface area contributed by atoms with Crippen LogP contribution in [0, 0.1) is 17.2 Å². The van der Waals surface area contributed by atoms with Gasteiger partial charge in [-0.25, -0.2) is 17.6 Å². The van der Waals surface area contributed by atoms with E-state index in [0.29, 0.717) is 36.4 Å². The second-order valence-electron chi connectivity index (χ2n) is 11.0. The predicted octanol–water partition coefficient (Wildman–Crippen LogP) is 6.50. The summed E-state index contributed by atoms with van der Waals surface area (Å²) in [4.78, 5) is 13.0. The minimum absolute atomic E-state index is 0.0723. The molecule has 0 radical (unpaired) electrons. The number of ether oxygens (including phenoxy) is 1. The van der Waals surface area contributed by atoms with Gasteiger partial charge in [-0.2, -0.15) is 0 Å². The number of sulfonamides is 1. The Labute approximate surface area is 229 Å². The molecule has 1 fully saturated rings. The number of rotatable bonds is 7. The van der Waals surface area contributed by atoms with Crippen LogP contribution in [0.3, 0.4) is 0 Å². The minimum Gasteiger partial charge on any atom is -0.497 e. The lowest BCUT2D eigenvalue weighted by Gasteiger charge is -2.45. The molecule has 1 N–H and O–H groups in total. The number of hydrogen-bond acceptors (Lipinski definition) is 4. The molecule has 9 heteroatoms. The molecule has 7 nitrogen and oxygen atoms in total. The number of carbonyl (C=O) groups is 1. The molecule has 0 spiro atoms. The molecule has 2 unspecified atom stereocenters. The van der Waals surface area contributed by atoms with Gasteiger partial charge in [0, 0.05) is 24.7 Å². The maximum absolute atomic E-state index is 14.9. The van der Waals surface area contributed by atoms with E-state index < -0.39 is 26.8 Å². The van der Waals surface area contributed by atoms with Crippen molar-refractivity contribution in [1.29, 1.82) is 0 Å².